The fourth-order valence-electron chi connectivity index (χ4n) is 1.57. The summed E-state index contributed by atoms with van der Waals surface area (Å²) in [5, 5.41) is 1.58. The molecule has 0 aliphatic rings. The number of thioether (sulfide) groups is 1. The molecule has 2 rings (SSSR count). The SMILES string of the molecule is Cc1ccnc(SC(CN)c2cccc(Cl)c2)n1. The fourth-order valence-corrected chi connectivity index (χ4v) is 2.72. The van der Waals surface area contributed by atoms with E-state index in [1.807, 2.05) is 37.3 Å². The fraction of sp³-hybridized carbons (Fsp3) is 0.231. The van der Waals surface area contributed by atoms with Gasteiger partial charge in [0.05, 0.1) is 0 Å². The Hall–Kier alpha value is -1.10. The predicted molar refractivity (Wildman–Crippen MR) is 75.9 cm³/mol. The van der Waals surface area contributed by atoms with Crippen molar-refractivity contribution in [3.05, 3.63) is 52.8 Å². The number of aromatic nitrogens is 2. The minimum absolute atomic E-state index is 0.116. The molecule has 1 unspecified atom stereocenters. The van der Waals surface area contributed by atoms with Crippen LogP contribution in [0.25, 0.3) is 0 Å². The number of nitrogens with two attached hydrogens (primary N) is 1. The van der Waals surface area contributed by atoms with E-state index in [9.17, 15) is 0 Å². The van der Waals surface area contributed by atoms with Gasteiger partial charge in [-0.15, -0.1) is 0 Å². The van der Waals surface area contributed by atoms with Crippen LogP contribution in [0.4, 0.5) is 0 Å². The molecule has 0 aliphatic carbocycles. The van der Waals surface area contributed by atoms with Crippen molar-refractivity contribution < 1.29 is 0 Å². The van der Waals surface area contributed by atoms with Crippen LogP contribution in [-0.4, -0.2) is 16.5 Å². The Kier molecular flexibility index (Phi) is 4.58. The first-order valence-electron chi connectivity index (χ1n) is 5.61. The molecule has 1 aromatic heterocycles. The number of hydrogen-bond donors (Lipinski definition) is 1. The molecule has 0 saturated carbocycles. The predicted octanol–water partition coefficient (Wildman–Crippen LogP) is 3.23. The van der Waals surface area contributed by atoms with Gasteiger partial charge in [-0.05, 0) is 30.7 Å². The molecule has 1 atom stereocenters. The summed E-state index contributed by atoms with van der Waals surface area (Å²) in [5.74, 6) is 0. The molecule has 2 aromatic rings. The molecule has 0 radical (unpaired) electrons. The van der Waals surface area contributed by atoms with Crippen molar-refractivity contribution in [3.8, 4) is 0 Å². The lowest BCUT2D eigenvalue weighted by molar-refractivity contribution is 0.895. The smallest absolute Gasteiger partial charge is 0.188 e. The first-order valence-corrected chi connectivity index (χ1v) is 6.86. The van der Waals surface area contributed by atoms with Gasteiger partial charge in [-0.25, -0.2) is 9.97 Å². The molecule has 5 heteroatoms. The van der Waals surface area contributed by atoms with Crippen LogP contribution in [-0.2, 0) is 0 Å². The lowest BCUT2D eigenvalue weighted by Crippen LogP contribution is -2.10. The van der Waals surface area contributed by atoms with Crippen molar-refractivity contribution in [2.45, 2.75) is 17.3 Å². The van der Waals surface area contributed by atoms with Gasteiger partial charge in [0.2, 0.25) is 0 Å². The highest BCUT2D eigenvalue weighted by Gasteiger charge is 2.13. The van der Waals surface area contributed by atoms with E-state index in [1.165, 1.54) is 0 Å². The summed E-state index contributed by atoms with van der Waals surface area (Å²) < 4.78 is 0. The molecule has 0 bridgehead atoms. The van der Waals surface area contributed by atoms with Crippen molar-refractivity contribution in [1.29, 1.82) is 0 Å². The van der Waals surface area contributed by atoms with Crippen molar-refractivity contribution >= 4 is 23.4 Å². The van der Waals surface area contributed by atoms with Gasteiger partial charge in [0, 0.05) is 28.7 Å². The number of hydrogen-bond acceptors (Lipinski definition) is 4. The summed E-state index contributed by atoms with van der Waals surface area (Å²) in [7, 11) is 0. The topological polar surface area (TPSA) is 51.8 Å². The van der Waals surface area contributed by atoms with Crippen LogP contribution in [0.15, 0.2) is 41.7 Å². The number of nitrogens with zero attached hydrogens (tertiary/aromatic N) is 2. The molecule has 0 fully saturated rings. The Balaban J connectivity index is 2.19. The summed E-state index contributed by atoms with van der Waals surface area (Å²) in [5.41, 5.74) is 7.87. The third-order valence-electron chi connectivity index (χ3n) is 2.45. The second kappa shape index (κ2) is 6.18. The van der Waals surface area contributed by atoms with Crippen LogP contribution >= 0.6 is 23.4 Å². The monoisotopic (exact) mass is 279 g/mol. The first-order chi connectivity index (χ1) is 8.69. The minimum atomic E-state index is 0.116. The van der Waals surface area contributed by atoms with Gasteiger partial charge < -0.3 is 5.73 Å². The Labute approximate surface area is 116 Å². The molecule has 1 heterocycles. The summed E-state index contributed by atoms with van der Waals surface area (Å²) in [4.78, 5) is 8.61. The van der Waals surface area contributed by atoms with E-state index in [0.717, 1.165) is 21.4 Å². The average Bonchev–Trinajstić information content (AvgIpc) is 2.36. The van der Waals surface area contributed by atoms with E-state index in [-0.39, 0.29) is 5.25 Å². The number of aryl methyl sites for hydroxylation is 1. The molecule has 0 saturated heterocycles. The maximum absolute atomic E-state index is 5.99. The lowest BCUT2D eigenvalue weighted by atomic mass is 10.1. The zero-order chi connectivity index (χ0) is 13.0. The molecular formula is C13H14ClN3S. The molecule has 94 valence electrons. The highest BCUT2D eigenvalue weighted by atomic mass is 35.5. The van der Waals surface area contributed by atoms with Gasteiger partial charge >= 0.3 is 0 Å². The zero-order valence-corrected chi connectivity index (χ0v) is 11.6. The number of rotatable bonds is 4. The molecule has 1 aromatic carbocycles. The number of benzene rings is 1. The van der Waals surface area contributed by atoms with Gasteiger partial charge in [0.15, 0.2) is 5.16 Å². The Morgan fingerprint density at radius 2 is 2.22 bits per heavy atom. The van der Waals surface area contributed by atoms with E-state index < -0.39 is 0 Å². The van der Waals surface area contributed by atoms with Crippen molar-refractivity contribution in [1.82, 2.24) is 9.97 Å². The Morgan fingerprint density at radius 3 is 2.89 bits per heavy atom. The summed E-state index contributed by atoms with van der Waals surface area (Å²) in [6.07, 6.45) is 1.76. The molecular weight excluding hydrogens is 266 g/mol. The third-order valence-corrected chi connectivity index (χ3v) is 3.85. The highest BCUT2D eigenvalue weighted by molar-refractivity contribution is 7.99. The Morgan fingerprint density at radius 1 is 1.39 bits per heavy atom. The number of halogens is 1. The largest absolute Gasteiger partial charge is 0.329 e. The van der Waals surface area contributed by atoms with Gasteiger partial charge in [-0.1, -0.05) is 35.5 Å². The van der Waals surface area contributed by atoms with E-state index in [1.54, 1.807) is 18.0 Å². The van der Waals surface area contributed by atoms with Crippen molar-refractivity contribution in [2.24, 2.45) is 5.73 Å². The summed E-state index contributed by atoms with van der Waals surface area (Å²) in [6.45, 7) is 2.46. The summed E-state index contributed by atoms with van der Waals surface area (Å²) >= 11 is 7.55. The quantitative estimate of drug-likeness (QED) is 0.690. The van der Waals surface area contributed by atoms with Gasteiger partial charge in [-0.2, -0.15) is 0 Å². The van der Waals surface area contributed by atoms with Crippen LogP contribution < -0.4 is 5.73 Å². The maximum atomic E-state index is 5.99. The van der Waals surface area contributed by atoms with Crippen LogP contribution in [0.2, 0.25) is 5.02 Å². The molecule has 18 heavy (non-hydrogen) atoms. The zero-order valence-electron chi connectivity index (χ0n) is 10.0. The minimum Gasteiger partial charge on any atom is -0.329 e. The van der Waals surface area contributed by atoms with Crippen LogP contribution in [0, 0.1) is 6.92 Å². The van der Waals surface area contributed by atoms with Crippen molar-refractivity contribution in [2.75, 3.05) is 6.54 Å². The van der Waals surface area contributed by atoms with E-state index in [0.29, 0.717) is 6.54 Å². The van der Waals surface area contributed by atoms with Crippen LogP contribution in [0.3, 0.4) is 0 Å². The van der Waals surface area contributed by atoms with E-state index >= 15 is 0 Å². The average molecular weight is 280 g/mol. The molecule has 2 N–H and O–H groups in total. The lowest BCUT2D eigenvalue weighted by Gasteiger charge is -2.14. The second-order valence-electron chi connectivity index (χ2n) is 3.88. The maximum Gasteiger partial charge on any atom is 0.188 e. The normalized spacial score (nSPS) is 12.4. The molecule has 0 amide bonds. The van der Waals surface area contributed by atoms with Gasteiger partial charge in [0.25, 0.3) is 0 Å². The van der Waals surface area contributed by atoms with Crippen molar-refractivity contribution in [3.63, 3.8) is 0 Å². The molecule has 0 spiro atoms. The highest BCUT2D eigenvalue weighted by Crippen LogP contribution is 2.33. The molecule has 3 nitrogen and oxygen atoms in total. The van der Waals surface area contributed by atoms with E-state index in [4.69, 9.17) is 17.3 Å². The van der Waals surface area contributed by atoms with Gasteiger partial charge in [-0.3, -0.25) is 0 Å². The molecule has 0 aliphatic heterocycles. The third kappa shape index (κ3) is 3.45. The van der Waals surface area contributed by atoms with Gasteiger partial charge in [0.1, 0.15) is 0 Å². The standard InChI is InChI=1S/C13H14ClN3S/c1-9-5-6-16-13(17-9)18-12(8-15)10-3-2-4-11(14)7-10/h2-7,12H,8,15H2,1H3. The second-order valence-corrected chi connectivity index (χ2v) is 5.48. The first kappa shape index (κ1) is 13.3. The van der Waals surface area contributed by atoms with Crippen LogP contribution in [0.1, 0.15) is 16.5 Å². The van der Waals surface area contributed by atoms with Crippen LogP contribution in [0.5, 0.6) is 0 Å². The Bertz CT molecular complexity index is 533. The van der Waals surface area contributed by atoms with E-state index in [2.05, 4.69) is 9.97 Å². The summed E-state index contributed by atoms with van der Waals surface area (Å²) in [6, 6.07) is 9.61.